The topological polar surface area (TPSA) is 63.4 Å². The molecule has 0 aliphatic rings. The van der Waals surface area contributed by atoms with E-state index in [4.69, 9.17) is 5.73 Å². The molecule has 0 saturated carbocycles. The number of nitrogens with two attached hydrogens (primary N) is 1. The van der Waals surface area contributed by atoms with E-state index in [1.54, 1.807) is 25.1 Å². The molecule has 0 atom stereocenters. The molecule has 0 saturated heterocycles. The Bertz CT molecular complexity index is 760. The van der Waals surface area contributed by atoms with E-state index >= 15 is 0 Å². The van der Waals surface area contributed by atoms with Gasteiger partial charge >= 0.3 is 0 Å². The number of hydrogen-bond acceptors (Lipinski definition) is 3. The summed E-state index contributed by atoms with van der Waals surface area (Å²) in [5.74, 6) is -0.589. The quantitative estimate of drug-likeness (QED) is 0.883. The third-order valence-corrected chi connectivity index (χ3v) is 5.10. The smallest absolute Gasteiger partial charge is 0.266 e. The number of sulfonamides is 1. The summed E-state index contributed by atoms with van der Waals surface area (Å²) in [5, 5.41) is 0. The number of hydrogen-bond donors (Lipinski definition) is 1. The number of nitrogens with zero attached hydrogens (tertiary/aromatic N) is 1. The standard InChI is InChI=1S/C15H17FN2O2S/c1-3-18(14-7-5-4-6-12(14)16)21(19,20)15-9-8-11(2)10-13(15)17/h4-10H,3,17H2,1-2H3. The summed E-state index contributed by atoms with van der Waals surface area (Å²) < 4.78 is 40.4. The number of nitrogen functional groups attached to an aromatic ring is 1. The minimum atomic E-state index is -3.91. The molecule has 2 N–H and O–H groups in total. The maximum absolute atomic E-state index is 13.9. The molecule has 6 heteroatoms. The van der Waals surface area contributed by atoms with E-state index in [-0.39, 0.29) is 22.8 Å². The molecule has 0 radical (unpaired) electrons. The van der Waals surface area contributed by atoms with Crippen molar-refractivity contribution in [3.05, 3.63) is 53.8 Å². The molecule has 0 unspecified atom stereocenters. The predicted octanol–water partition coefficient (Wildman–Crippen LogP) is 2.93. The summed E-state index contributed by atoms with van der Waals surface area (Å²) in [6, 6.07) is 10.5. The molecule has 112 valence electrons. The zero-order valence-electron chi connectivity index (χ0n) is 11.9. The molecular weight excluding hydrogens is 291 g/mol. The van der Waals surface area contributed by atoms with Gasteiger partial charge in [0, 0.05) is 6.54 Å². The fraction of sp³-hybridized carbons (Fsp3) is 0.200. The average Bonchev–Trinajstić information content (AvgIpc) is 2.41. The van der Waals surface area contributed by atoms with Gasteiger partial charge in [-0.3, -0.25) is 4.31 Å². The lowest BCUT2D eigenvalue weighted by Crippen LogP contribution is -2.32. The minimum Gasteiger partial charge on any atom is -0.398 e. The molecule has 2 aromatic carbocycles. The van der Waals surface area contributed by atoms with Crippen LogP contribution in [-0.4, -0.2) is 15.0 Å². The molecular formula is C15H17FN2O2S. The van der Waals surface area contributed by atoms with Crippen LogP contribution in [0.15, 0.2) is 47.4 Å². The van der Waals surface area contributed by atoms with E-state index in [1.165, 1.54) is 24.3 Å². The van der Waals surface area contributed by atoms with Gasteiger partial charge in [0.25, 0.3) is 10.0 Å². The molecule has 0 amide bonds. The van der Waals surface area contributed by atoms with Crippen molar-refractivity contribution in [2.24, 2.45) is 0 Å². The highest BCUT2D eigenvalue weighted by atomic mass is 32.2. The summed E-state index contributed by atoms with van der Waals surface area (Å²) in [5.41, 5.74) is 6.85. The normalized spacial score (nSPS) is 11.4. The molecule has 0 aliphatic carbocycles. The second-order valence-corrected chi connectivity index (χ2v) is 6.49. The minimum absolute atomic E-state index is 0.0139. The highest BCUT2D eigenvalue weighted by Crippen LogP contribution is 2.29. The van der Waals surface area contributed by atoms with Crippen LogP contribution in [0.3, 0.4) is 0 Å². The van der Waals surface area contributed by atoms with E-state index in [1.807, 2.05) is 6.92 Å². The largest absolute Gasteiger partial charge is 0.398 e. The van der Waals surface area contributed by atoms with Crippen LogP contribution in [0.25, 0.3) is 0 Å². The van der Waals surface area contributed by atoms with Gasteiger partial charge in [-0.05, 0) is 43.7 Å². The Balaban J connectivity index is 2.58. The Labute approximate surface area is 124 Å². The fourth-order valence-corrected chi connectivity index (χ4v) is 3.73. The Morgan fingerprint density at radius 1 is 1.19 bits per heavy atom. The molecule has 0 fully saturated rings. The van der Waals surface area contributed by atoms with Gasteiger partial charge in [0.2, 0.25) is 0 Å². The van der Waals surface area contributed by atoms with Crippen LogP contribution in [0, 0.1) is 12.7 Å². The first-order chi connectivity index (χ1) is 9.87. The molecule has 0 heterocycles. The SMILES string of the molecule is CCN(c1ccccc1F)S(=O)(=O)c1ccc(C)cc1N. The lowest BCUT2D eigenvalue weighted by Gasteiger charge is -2.24. The number of anilines is 2. The van der Waals surface area contributed by atoms with Gasteiger partial charge in [0.1, 0.15) is 10.7 Å². The zero-order valence-corrected chi connectivity index (χ0v) is 12.7. The molecule has 0 bridgehead atoms. The van der Waals surface area contributed by atoms with Crippen LogP contribution >= 0.6 is 0 Å². The van der Waals surface area contributed by atoms with Crippen LogP contribution in [0.5, 0.6) is 0 Å². The lowest BCUT2D eigenvalue weighted by molar-refractivity contribution is 0.587. The van der Waals surface area contributed by atoms with Gasteiger partial charge in [0.05, 0.1) is 11.4 Å². The summed E-state index contributed by atoms with van der Waals surface area (Å²) in [7, 11) is -3.91. The Kier molecular flexibility index (Phi) is 4.18. The van der Waals surface area contributed by atoms with Crippen molar-refractivity contribution >= 4 is 21.4 Å². The van der Waals surface area contributed by atoms with Gasteiger partial charge in [0.15, 0.2) is 0 Å². The van der Waals surface area contributed by atoms with Crippen LogP contribution in [-0.2, 0) is 10.0 Å². The first kappa shape index (κ1) is 15.3. The van der Waals surface area contributed by atoms with Gasteiger partial charge in [-0.15, -0.1) is 0 Å². The third kappa shape index (κ3) is 2.85. The number of rotatable bonds is 4. The maximum atomic E-state index is 13.9. The second-order valence-electron chi connectivity index (χ2n) is 4.66. The number of para-hydroxylation sites is 1. The molecule has 21 heavy (non-hydrogen) atoms. The summed E-state index contributed by atoms with van der Waals surface area (Å²) >= 11 is 0. The molecule has 2 aromatic rings. The summed E-state index contributed by atoms with van der Waals surface area (Å²) in [4.78, 5) is -0.0156. The van der Waals surface area contributed by atoms with Crippen LogP contribution in [0.4, 0.5) is 15.8 Å². The summed E-state index contributed by atoms with van der Waals surface area (Å²) in [6.07, 6.45) is 0. The molecule has 4 nitrogen and oxygen atoms in total. The maximum Gasteiger partial charge on any atom is 0.266 e. The number of aryl methyl sites for hydroxylation is 1. The van der Waals surface area contributed by atoms with Gasteiger partial charge in [-0.1, -0.05) is 18.2 Å². The Hall–Kier alpha value is -2.08. The zero-order chi connectivity index (χ0) is 15.6. The second kappa shape index (κ2) is 5.73. The van der Waals surface area contributed by atoms with Crippen LogP contribution in [0.1, 0.15) is 12.5 Å². The first-order valence-corrected chi connectivity index (χ1v) is 7.95. The molecule has 0 aromatic heterocycles. The molecule has 0 aliphatic heterocycles. The monoisotopic (exact) mass is 308 g/mol. The van der Waals surface area contributed by atoms with Crippen molar-refractivity contribution in [2.45, 2.75) is 18.7 Å². The highest BCUT2D eigenvalue weighted by Gasteiger charge is 2.27. The van der Waals surface area contributed by atoms with Crippen molar-refractivity contribution < 1.29 is 12.8 Å². The molecule has 2 rings (SSSR count). The van der Waals surface area contributed by atoms with E-state index in [9.17, 15) is 12.8 Å². The Morgan fingerprint density at radius 3 is 2.43 bits per heavy atom. The van der Waals surface area contributed by atoms with Crippen LogP contribution < -0.4 is 10.0 Å². The third-order valence-electron chi connectivity index (χ3n) is 3.14. The van der Waals surface area contributed by atoms with Crippen LogP contribution in [0.2, 0.25) is 0 Å². The predicted molar refractivity (Wildman–Crippen MR) is 82.2 cm³/mol. The van der Waals surface area contributed by atoms with Gasteiger partial charge in [-0.2, -0.15) is 0 Å². The number of benzene rings is 2. The van der Waals surface area contributed by atoms with E-state index < -0.39 is 15.8 Å². The van der Waals surface area contributed by atoms with Crippen molar-refractivity contribution in [3.8, 4) is 0 Å². The Morgan fingerprint density at radius 2 is 1.86 bits per heavy atom. The highest BCUT2D eigenvalue weighted by molar-refractivity contribution is 7.93. The van der Waals surface area contributed by atoms with E-state index in [2.05, 4.69) is 0 Å². The van der Waals surface area contributed by atoms with E-state index in [0.717, 1.165) is 9.87 Å². The summed E-state index contributed by atoms with van der Waals surface area (Å²) in [6.45, 7) is 3.58. The van der Waals surface area contributed by atoms with Gasteiger partial charge < -0.3 is 5.73 Å². The molecule has 0 spiro atoms. The average molecular weight is 308 g/mol. The van der Waals surface area contributed by atoms with Crippen molar-refractivity contribution in [3.63, 3.8) is 0 Å². The van der Waals surface area contributed by atoms with Crippen molar-refractivity contribution in [1.29, 1.82) is 0 Å². The lowest BCUT2D eigenvalue weighted by atomic mass is 10.2. The van der Waals surface area contributed by atoms with Crippen molar-refractivity contribution in [2.75, 3.05) is 16.6 Å². The number of halogens is 1. The fourth-order valence-electron chi connectivity index (χ4n) is 2.15. The van der Waals surface area contributed by atoms with E-state index in [0.29, 0.717) is 0 Å². The van der Waals surface area contributed by atoms with Gasteiger partial charge in [-0.25, -0.2) is 12.8 Å². The van der Waals surface area contributed by atoms with Crippen molar-refractivity contribution in [1.82, 2.24) is 0 Å². The first-order valence-electron chi connectivity index (χ1n) is 6.51.